The van der Waals surface area contributed by atoms with Crippen LogP contribution in [0.4, 0.5) is 0 Å². The Balaban J connectivity index is 1.59. The number of hydrogen-bond acceptors (Lipinski definition) is 4. The van der Waals surface area contributed by atoms with Crippen LogP contribution in [0, 0.1) is 10.1 Å². The van der Waals surface area contributed by atoms with E-state index >= 15 is 0 Å². The first kappa shape index (κ1) is 18.7. The molecule has 0 saturated carbocycles. The van der Waals surface area contributed by atoms with Crippen molar-refractivity contribution in [1.82, 2.24) is 0 Å². The Kier molecular flexibility index (Phi) is 8.21. The molecule has 0 aliphatic carbocycles. The van der Waals surface area contributed by atoms with E-state index in [-0.39, 0.29) is 6.79 Å². The molecule has 0 amide bonds. The van der Waals surface area contributed by atoms with Crippen molar-refractivity contribution in [1.29, 1.82) is 0 Å². The van der Waals surface area contributed by atoms with Gasteiger partial charge in [0.15, 0.2) is 6.79 Å². The van der Waals surface area contributed by atoms with E-state index in [4.69, 9.17) is 9.47 Å². The van der Waals surface area contributed by atoms with Gasteiger partial charge in [0.25, 0.3) is 0 Å². The van der Waals surface area contributed by atoms with Gasteiger partial charge in [-0.3, -0.25) is 10.1 Å². The molecule has 2 aromatic carbocycles. The van der Waals surface area contributed by atoms with Crippen LogP contribution in [0.5, 0.6) is 5.75 Å². The average molecular weight is 341 g/mol. The minimum Gasteiger partial charge on any atom is -0.467 e. The molecule has 2 rings (SSSR count). The summed E-state index contributed by atoms with van der Waals surface area (Å²) in [5, 5.41) is 10.4. The monoisotopic (exact) mass is 341 g/mol. The molecule has 0 radical (unpaired) electrons. The van der Waals surface area contributed by atoms with Crippen molar-refractivity contribution >= 4 is 6.08 Å². The van der Waals surface area contributed by atoms with E-state index < -0.39 is 4.92 Å². The molecular weight excluding hydrogens is 318 g/mol. The summed E-state index contributed by atoms with van der Waals surface area (Å²) in [5.41, 5.74) is 2.02. The Labute approximate surface area is 148 Å². The molecule has 0 saturated heterocycles. The van der Waals surface area contributed by atoms with Crippen LogP contribution in [0.25, 0.3) is 6.08 Å². The summed E-state index contributed by atoms with van der Waals surface area (Å²) in [6.07, 6.45) is 6.64. The number of rotatable bonds is 11. The third-order valence-electron chi connectivity index (χ3n) is 3.69. The number of ether oxygens (including phenoxy) is 2. The summed E-state index contributed by atoms with van der Waals surface area (Å²) in [6, 6.07) is 17.6. The van der Waals surface area contributed by atoms with Crippen molar-refractivity contribution < 1.29 is 14.4 Å². The molecule has 5 heteroatoms. The highest BCUT2D eigenvalue weighted by atomic mass is 16.7. The van der Waals surface area contributed by atoms with Gasteiger partial charge in [-0.1, -0.05) is 55.0 Å². The van der Waals surface area contributed by atoms with Crippen molar-refractivity contribution in [2.24, 2.45) is 0 Å². The van der Waals surface area contributed by atoms with E-state index in [1.54, 1.807) is 18.2 Å². The SMILES string of the molecule is O=[N+]([O-])C=Cc1ccccc1OCOCCCCCc1ccccc1. The number of nitro groups is 1. The molecule has 0 spiro atoms. The van der Waals surface area contributed by atoms with Gasteiger partial charge in [0.1, 0.15) is 5.75 Å². The van der Waals surface area contributed by atoms with Crippen molar-refractivity contribution in [2.45, 2.75) is 25.7 Å². The lowest BCUT2D eigenvalue weighted by Crippen LogP contribution is -2.05. The third kappa shape index (κ3) is 7.63. The van der Waals surface area contributed by atoms with E-state index in [1.165, 1.54) is 11.6 Å². The zero-order chi connectivity index (χ0) is 17.7. The number of nitrogens with zero attached hydrogens (tertiary/aromatic N) is 1. The van der Waals surface area contributed by atoms with Gasteiger partial charge in [-0.15, -0.1) is 0 Å². The summed E-state index contributed by atoms with van der Waals surface area (Å²) >= 11 is 0. The molecular formula is C20H23NO4. The quantitative estimate of drug-likeness (QED) is 0.257. The minimum absolute atomic E-state index is 0.141. The molecule has 0 N–H and O–H groups in total. The summed E-state index contributed by atoms with van der Waals surface area (Å²) in [7, 11) is 0. The summed E-state index contributed by atoms with van der Waals surface area (Å²) in [4.78, 5) is 9.92. The molecule has 5 nitrogen and oxygen atoms in total. The summed E-state index contributed by atoms with van der Waals surface area (Å²) in [5.74, 6) is 0.574. The van der Waals surface area contributed by atoms with Crippen LogP contribution in [0.2, 0.25) is 0 Å². The van der Waals surface area contributed by atoms with E-state index in [1.807, 2.05) is 12.1 Å². The van der Waals surface area contributed by atoms with Gasteiger partial charge >= 0.3 is 0 Å². The van der Waals surface area contributed by atoms with E-state index in [0.717, 1.165) is 31.9 Å². The molecule has 25 heavy (non-hydrogen) atoms. The third-order valence-corrected chi connectivity index (χ3v) is 3.69. The molecule has 0 bridgehead atoms. The second-order valence-corrected chi connectivity index (χ2v) is 5.61. The molecule has 2 aromatic rings. The Morgan fingerprint density at radius 2 is 1.72 bits per heavy atom. The van der Waals surface area contributed by atoms with Crippen LogP contribution < -0.4 is 4.74 Å². The first-order valence-corrected chi connectivity index (χ1v) is 8.41. The van der Waals surface area contributed by atoms with Crippen molar-refractivity contribution in [3.8, 4) is 5.75 Å². The number of benzene rings is 2. The second kappa shape index (κ2) is 11.0. The van der Waals surface area contributed by atoms with Crippen molar-refractivity contribution in [3.05, 3.63) is 82.0 Å². The maximum Gasteiger partial charge on any atom is 0.235 e. The highest BCUT2D eigenvalue weighted by Gasteiger charge is 2.01. The van der Waals surface area contributed by atoms with Gasteiger partial charge in [0, 0.05) is 11.6 Å². The molecule has 0 atom stereocenters. The van der Waals surface area contributed by atoms with E-state index in [0.29, 0.717) is 17.9 Å². The highest BCUT2D eigenvalue weighted by Crippen LogP contribution is 2.19. The first-order valence-electron chi connectivity index (χ1n) is 8.41. The fourth-order valence-electron chi connectivity index (χ4n) is 2.41. The van der Waals surface area contributed by atoms with Crippen LogP contribution in [0.1, 0.15) is 30.4 Å². The smallest absolute Gasteiger partial charge is 0.235 e. The van der Waals surface area contributed by atoms with E-state index in [2.05, 4.69) is 24.3 Å². The zero-order valence-corrected chi connectivity index (χ0v) is 14.2. The van der Waals surface area contributed by atoms with Crippen LogP contribution in [0.15, 0.2) is 60.8 Å². The van der Waals surface area contributed by atoms with Crippen molar-refractivity contribution in [3.63, 3.8) is 0 Å². The first-order chi connectivity index (χ1) is 12.3. The largest absolute Gasteiger partial charge is 0.467 e. The maximum atomic E-state index is 10.4. The van der Waals surface area contributed by atoms with Gasteiger partial charge in [-0.25, -0.2) is 0 Å². The molecule has 132 valence electrons. The number of hydrogen-bond donors (Lipinski definition) is 0. The normalized spacial score (nSPS) is 10.9. The van der Waals surface area contributed by atoms with E-state index in [9.17, 15) is 10.1 Å². The van der Waals surface area contributed by atoms with Gasteiger partial charge in [-0.2, -0.15) is 0 Å². The number of unbranched alkanes of at least 4 members (excludes halogenated alkanes) is 2. The highest BCUT2D eigenvalue weighted by molar-refractivity contribution is 5.56. The van der Waals surface area contributed by atoms with Crippen LogP contribution in [-0.4, -0.2) is 18.3 Å². The standard InChI is InChI=1S/C20H23NO4/c22-21(23)15-14-19-12-6-7-13-20(19)25-17-24-16-8-2-5-11-18-9-3-1-4-10-18/h1,3-4,6-7,9-10,12-15H,2,5,8,11,16-17H2. The summed E-state index contributed by atoms with van der Waals surface area (Å²) < 4.78 is 11.0. The van der Waals surface area contributed by atoms with Gasteiger partial charge < -0.3 is 9.47 Å². The minimum atomic E-state index is -0.497. The van der Waals surface area contributed by atoms with Crippen LogP contribution in [-0.2, 0) is 11.2 Å². The predicted octanol–water partition coefficient (Wildman–Crippen LogP) is 4.70. The lowest BCUT2D eigenvalue weighted by molar-refractivity contribution is -0.400. The molecule has 0 aliphatic heterocycles. The topological polar surface area (TPSA) is 61.6 Å². The Bertz CT molecular complexity index is 670. The summed E-state index contributed by atoms with van der Waals surface area (Å²) in [6.45, 7) is 0.781. The lowest BCUT2D eigenvalue weighted by Gasteiger charge is -2.09. The molecule has 0 heterocycles. The zero-order valence-electron chi connectivity index (χ0n) is 14.2. The van der Waals surface area contributed by atoms with Crippen LogP contribution >= 0.6 is 0 Å². The molecule has 0 aromatic heterocycles. The number of aryl methyl sites for hydroxylation is 1. The number of para-hydroxylation sites is 1. The molecule has 0 aliphatic rings. The van der Waals surface area contributed by atoms with Crippen LogP contribution in [0.3, 0.4) is 0 Å². The Hall–Kier alpha value is -2.66. The van der Waals surface area contributed by atoms with Crippen molar-refractivity contribution in [2.75, 3.05) is 13.4 Å². The predicted molar refractivity (Wildman–Crippen MR) is 97.9 cm³/mol. The molecule has 0 unspecified atom stereocenters. The Morgan fingerprint density at radius 1 is 0.960 bits per heavy atom. The van der Waals surface area contributed by atoms with Gasteiger partial charge in [0.2, 0.25) is 6.20 Å². The fraction of sp³-hybridized carbons (Fsp3) is 0.300. The Morgan fingerprint density at radius 3 is 2.52 bits per heavy atom. The maximum absolute atomic E-state index is 10.4. The average Bonchev–Trinajstić information content (AvgIpc) is 2.63. The van der Waals surface area contributed by atoms with Gasteiger partial charge in [0.05, 0.1) is 11.5 Å². The fourth-order valence-corrected chi connectivity index (χ4v) is 2.41. The second-order valence-electron chi connectivity index (χ2n) is 5.61. The van der Waals surface area contributed by atoms with Gasteiger partial charge in [-0.05, 0) is 30.9 Å². The molecule has 0 fully saturated rings. The lowest BCUT2D eigenvalue weighted by atomic mass is 10.1.